The fraction of sp³-hybridized carbons (Fsp3) is 0.667. The minimum absolute atomic E-state index is 0.847. The SMILES string of the molecule is CCCCCCCCOc1ccc(CNCCC)cc1. The van der Waals surface area contributed by atoms with E-state index in [0.717, 1.165) is 25.4 Å². The maximum Gasteiger partial charge on any atom is 0.119 e. The number of ether oxygens (including phenoxy) is 1. The fourth-order valence-corrected chi connectivity index (χ4v) is 2.19. The van der Waals surface area contributed by atoms with Gasteiger partial charge in [-0.25, -0.2) is 0 Å². The first-order chi connectivity index (χ1) is 9.86. The van der Waals surface area contributed by atoms with Crippen molar-refractivity contribution in [2.75, 3.05) is 13.2 Å². The lowest BCUT2D eigenvalue weighted by molar-refractivity contribution is 0.304. The molecule has 0 aliphatic rings. The molecule has 1 aromatic rings. The van der Waals surface area contributed by atoms with Crippen molar-refractivity contribution in [3.63, 3.8) is 0 Å². The summed E-state index contributed by atoms with van der Waals surface area (Å²) in [7, 11) is 0. The summed E-state index contributed by atoms with van der Waals surface area (Å²) in [6, 6.07) is 8.47. The molecule has 0 amide bonds. The molecule has 0 atom stereocenters. The minimum Gasteiger partial charge on any atom is -0.494 e. The molecule has 2 heteroatoms. The summed E-state index contributed by atoms with van der Waals surface area (Å²) in [5, 5.41) is 3.41. The van der Waals surface area contributed by atoms with Gasteiger partial charge in [0.2, 0.25) is 0 Å². The molecule has 0 saturated heterocycles. The monoisotopic (exact) mass is 277 g/mol. The van der Waals surface area contributed by atoms with Gasteiger partial charge in [0.25, 0.3) is 0 Å². The van der Waals surface area contributed by atoms with E-state index in [4.69, 9.17) is 4.74 Å². The summed E-state index contributed by atoms with van der Waals surface area (Å²) in [5.41, 5.74) is 1.32. The predicted molar refractivity (Wildman–Crippen MR) is 87.3 cm³/mol. The molecular formula is C18H31NO. The lowest BCUT2D eigenvalue weighted by Gasteiger charge is -2.08. The highest BCUT2D eigenvalue weighted by Gasteiger charge is 1.96. The fourth-order valence-electron chi connectivity index (χ4n) is 2.19. The van der Waals surface area contributed by atoms with Crippen LogP contribution in [0.15, 0.2) is 24.3 Å². The minimum atomic E-state index is 0.847. The van der Waals surface area contributed by atoms with E-state index in [1.165, 1.54) is 50.5 Å². The summed E-state index contributed by atoms with van der Waals surface area (Å²) in [6.45, 7) is 7.32. The molecule has 2 nitrogen and oxygen atoms in total. The van der Waals surface area contributed by atoms with Gasteiger partial charge in [0.1, 0.15) is 5.75 Å². The van der Waals surface area contributed by atoms with Crippen LogP contribution in [0.1, 0.15) is 64.4 Å². The van der Waals surface area contributed by atoms with E-state index in [1.807, 2.05) is 0 Å². The number of unbranched alkanes of at least 4 members (excludes halogenated alkanes) is 5. The van der Waals surface area contributed by atoms with Crippen LogP contribution in [0.4, 0.5) is 0 Å². The molecule has 0 aromatic heterocycles. The van der Waals surface area contributed by atoms with Crippen LogP contribution in [0.5, 0.6) is 5.75 Å². The van der Waals surface area contributed by atoms with Crippen LogP contribution in [0.3, 0.4) is 0 Å². The van der Waals surface area contributed by atoms with E-state index >= 15 is 0 Å². The number of hydrogen-bond acceptors (Lipinski definition) is 2. The van der Waals surface area contributed by atoms with Crippen LogP contribution in [-0.2, 0) is 6.54 Å². The molecule has 0 spiro atoms. The van der Waals surface area contributed by atoms with Gasteiger partial charge in [-0.3, -0.25) is 0 Å². The summed E-state index contributed by atoms with van der Waals surface area (Å²) in [6.07, 6.45) is 9.04. The van der Waals surface area contributed by atoms with Crippen LogP contribution < -0.4 is 10.1 Å². The molecule has 114 valence electrons. The summed E-state index contributed by atoms with van der Waals surface area (Å²) >= 11 is 0. The van der Waals surface area contributed by atoms with Gasteiger partial charge >= 0.3 is 0 Å². The Bertz CT molecular complexity index is 321. The van der Waals surface area contributed by atoms with Gasteiger partial charge in [-0.05, 0) is 37.1 Å². The number of rotatable bonds is 12. The molecule has 0 saturated carbocycles. The van der Waals surface area contributed by atoms with Crippen molar-refractivity contribution in [3.8, 4) is 5.75 Å². The molecule has 0 aliphatic carbocycles. The van der Waals surface area contributed by atoms with Crippen molar-refractivity contribution in [1.29, 1.82) is 0 Å². The van der Waals surface area contributed by atoms with Crippen molar-refractivity contribution in [1.82, 2.24) is 5.32 Å². The van der Waals surface area contributed by atoms with Crippen LogP contribution in [-0.4, -0.2) is 13.2 Å². The van der Waals surface area contributed by atoms with E-state index in [0.29, 0.717) is 0 Å². The predicted octanol–water partition coefficient (Wildman–Crippen LogP) is 4.93. The normalized spacial score (nSPS) is 10.7. The molecule has 1 rings (SSSR count). The van der Waals surface area contributed by atoms with Gasteiger partial charge in [-0.1, -0.05) is 58.1 Å². The van der Waals surface area contributed by atoms with Crippen molar-refractivity contribution in [2.24, 2.45) is 0 Å². The molecule has 20 heavy (non-hydrogen) atoms. The zero-order valence-corrected chi connectivity index (χ0v) is 13.3. The Labute approximate surface area is 124 Å². The molecule has 0 heterocycles. The van der Waals surface area contributed by atoms with Gasteiger partial charge in [0.15, 0.2) is 0 Å². The average molecular weight is 277 g/mol. The lowest BCUT2D eigenvalue weighted by atomic mass is 10.1. The largest absolute Gasteiger partial charge is 0.494 e. The standard InChI is InChI=1S/C18H31NO/c1-3-5-6-7-8-9-15-20-18-12-10-17(11-13-18)16-19-14-4-2/h10-13,19H,3-9,14-16H2,1-2H3. The molecule has 0 radical (unpaired) electrons. The highest BCUT2D eigenvalue weighted by Crippen LogP contribution is 2.13. The Morgan fingerprint density at radius 1 is 0.850 bits per heavy atom. The zero-order chi connectivity index (χ0) is 14.5. The van der Waals surface area contributed by atoms with E-state index in [9.17, 15) is 0 Å². The van der Waals surface area contributed by atoms with Gasteiger partial charge in [0, 0.05) is 6.54 Å². The third kappa shape index (κ3) is 8.21. The number of benzene rings is 1. The Hall–Kier alpha value is -1.02. The third-order valence-electron chi connectivity index (χ3n) is 3.45. The molecule has 0 bridgehead atoms. The molecule has 1 aromatic carbocycles. The summed E-state index contributed by atoms with van der Waals surface area (Å²) in [5.74, 6) is 0.998. The van der Waals surface area contributed by atoms with Crippen molar-refractivity contribution in [3.05, 3.63) is 29.8 Å². The van der Waals surface area contributed by atoms with Gasteiger partial charge < -0.3 is 10.1 Å². The van der Waals surface area contributed by atoms with E-state index in [2.05, 4.69) is 43.4 Å². The topological polar surface area (TPSA) is 21.3 Å². The Balaban J connectivity index is 2.08. The van der Waals surface area contributed by atoms with Crippen LogP contribution >= 0.6 is 0 Å². The molecule has 0 unspecified atom stereocenters. The van der Waals surface area contributed by atoms with Crippen molar-refractivity contribution in [2.45, 2.75) is 65.3 Å². The van der Waals surface area contributed by atoms with E-state index in [1.54, 1.807) is 0 Å². The van der Waals surface area contributed by atoms with E-state index < -0.39 is 0 Å². The average Bonchev–Trinajstić information content (AvgIpc) is 2.48. The number of hydrogen-bond donors (Lipinski definition) is 1. The van der Waals surface area contributed by atoms with Gasteiger partial charge in [-0.15, -0.1) is 0 Å². The van der Waals surface area contributed by atoms with Crippen LogP contribution in [0, 0.1) is 0 Å². The van der Waals surface area contributed by atoms with Crippen molar-refractivity contribution >= 4 is 0 Å². The van der Waals surface area contributed by atoms with Gasteiger partial charge in [-0.2, -0.15) is 0 Å². The Kier molecular flexibility index (Phi) is 10.0. The first kappa shape index (κ1) is 17.0. The molecular weight excluding hydrogens is 246 g/mol. The second kappa shape index (κ2) is 11.8. The Morgan fingerprint density at radius 3 is 2.25 bits per heavy atom. The van der Waals surface area contributed by atoms with Crippen LogP contribution in [0.2, 0.25) is 0 Å². The smallest absolute Gasteiger partial charge is 0.119 e. The quantitative estimate of drug-likeness (QED) is 0.547. The summed E-state index contributed by atoms with van der Waals surface area (Å²) < 4.78 is 5.77. The highest BCUT2D eigenvalue weighted by atomic mass is 16.5. The van der Waals surface area contributed by atoms with E-state index in [-0.39, 0.29) is 0 Å². The second-order valence-electron chi connectivity index (χ2n) is 5.44. The molecule has 1 N–H and O–H groups in total. The lowest BCUT2D eigenvalue weighted by Crippen LogP contribution is -2.13. The maximum atomic E-state index is 5.77. The molecule has 0 aliphatic heterocycles. The summed E-state index contributed by atoms with van der Waals surface area (Å²) in [4.78, 5) is 0. The first-order valence-corrected chi connectivity index (χ1v) is 8.29. The third-order valence-corrected chi connectivity index (χ3v) is 3.45. The van der Waals surface area contributed by atoms with Gasteiger partial charge in [0.05, 0.1) is 6.61 Å². The van der Waals surface area contributed by atoms with Crippen LogP contribution in [0.25, 0.3) is 0 Å². The Morgan fingerprint density at radius 2 is 1.55 bits per heavy atom. The highest BCUT2D eigenvalue weighted by molar-refractivity contribution is 5.27. The molecule has 0 fully saturated rings. The number of nitrogens with one attached hydrogen (secondary N) is 1. The van der Waals surface area contributed by atoms with Crippen molar-refractivity contribution < 1.29 is 4.74 Å². The first-order valence-electron chi connectivity index (χ1n) is 8.29. The zero-order valence-electron chi connectivity index (χ0n) is 13.3. The maximum absolute atomic E-state index is 5.77. The second-order valence-corrected chi connectivity index (χ2v) is 5.44.